The molecule has 1 aliphatic carbocycles. The lowest BCUT2D eigenvalue weighted by Crippen LogP contribution is -2.40. The first kappa shape index (κ1) is 15.8. The Bertz CT molecular complexity index is 579. The summed E-state index contributed by atoms with van der Waals surface area (Å²) in [6.45, 7) is 4.35. The van der Waals surface area contributed by atoms with Gasteiger partial charge in [0.15, 0.2) is 0 Å². The van der Waals surface area contributed by atoms with Crippen LogP contribution in [0.25, 0.3) is 0 Å². The topological polar surface area (TPSA) is 72.2 Å². The number of halogens is 1. The van der Waals surface area contributed by atoms with Gasteiger partial charge in [0.05, 0.1) is 4.90 Å². The summed E-state index contributed by atoms with van der Waals surface area (Å²) in [7, 11) is -3.50. The maximum Gasteiger partial charge on any atom is 0.240 e. The van der Waals surface area contributed by atoms with Crippen LogP contribution in [0.5, 0.6) is 0 Å². The van der Waals surface area contributed by atoms with Gasteiger partial charge >= 0.3 is 0 Å². The molecule has 0 aliphatic heterocycles. The van der Waals surface area contributed by atoms with Gasteiger partial charge in [0.2, 0.25) is 10.0 Å². The fraction of sp³-hybridized carbons (Fsp3) is 0.571. The van der Waals surface area contributed by atoms with Crippen molar-refractivity contribution in [2.75, 3.05) is 5.73 Å². The molecule has 1 aliphatic rings. The van der Waals surface area contributed by atoms with E-state index in [1.165, 1.54) is 12.5 Å². The molecular formula is C14H21BrN2O2S. The van der Waals surface area contributed by atoms with Gasteiger partial charge in [0, 0.05) is 16.2 Å². The highest BCUT2D eigenvalue weighted by Gasteiger charge is 2.28. The Hall–Kier alpha value is -0.590. The van der Waals surface area contributed by atoms with Gasteiger partial charge in [-0.1, -0.05) is 13.8 Å². The molecule has 0 bridgehead atoms. The number of nitrogens with one attached hydrogen (secondary N) is 1. The minimum Gasteiger partial charge on any atom is -0.398 e. The summed E-state index contributed by atoms with van der Waals surface area (Å²) in [5.74, 6) is 1.11. The average Bonchev–Trinajstić information content (AvgIpc) is 2.30. The Balaban J connectivity index is 2.16. The van der Waals surface area contributed by atoms with E-state index in [1.54, 1.807) is 12.1 Å². The van der Waals surface area contributed by atoms with Crippen molar-refractivity contribution < 1.29 is 8.42 Å². The largest absolute Gasteiger partial charge is 0.398 e. The molecule has 0 amide bonds. The van der Waals surface area contributed by atoms with Crippen LogP contribution in [0.1, 0.15) is 33.1 Å². The summed E-state index contributed by atoms with van der Waals surface area (Å²) in [6, 6.07) is 4.74. The van der Waals surface area contributed by atoms with Crippen LogP contribution in [0.15, 0.2) is 27.6 Å². The molecule has 2 atom stereocenters. The van der Waals surface area contributed by atoms with E-state index < -0.39 is 10.0 Å². The smallest absolute Gasteiger partial charge is 0.240 e. The van der Waals surface area contributed by atoms with Crippen molar-refractivity contribution in [1.29, 1.82) is 0 Å². The minimum atomic E-state index is -3.50. The van der Waals surface area contributed by atoms with Crippen molar-refractivity contribution in [3.63, 3.8) is 0 Å². The molecule has 0 saturated heterocycles. The number of anilines is 1. The zero-order valence-corrected chi connectivity index (χ0v) is 14.2. The third kappa shape index (κ3) is 3.74. The Morgan fingerprint density at radius 3 is 2.35 bits per heavy atom. The molecule has 20 heavy (non-hydrogen) atoms. The number of nitrogen functional groups attached to an aromatic ring is 1. The van der Waals surface area contributed by atoms with E-state index in [2.05, 4.69) is 34.5 Å². The summed E-state index contributed by atoms with van der Waals surface area (Å²) < 4.78 is 28.3. The highest BCUT2D eigenvalue weighted by Crippen LogP contribution is 2.30. The number of nitrogens with two attached hydrogens (primary N) is 1. The summed E-state index contributed by atoms with van der Waals surface area (Å²) in [5, 5.41) is 0. The van der Waals surface area contributed by atoms with Crippen molar-refractivity contribution in [2.24, 2.45) is 11.8 Å². The molecular weight excluding hydrogens is 340 g/mol. The van der Waals surface area contributed by atoms with Gasteiger partial charge in [0.25, 0.3) is 0 Å². The fourth-order valence-corrected chi connectivity index (χ4v) is 4.56. The predicted octanol–water partition coefficient (Wildman–Crippen LogP) is 3.13. The lowest BCUT2D eigenvalue weighted by atomic mass is 9.81. The van der Waals surface area contributed by atoms with Crippen molar-refractivity contribution in [2.45, 2.75) is 44.0 Å². The van der Waals surface area contributed by atoms with E-state index in [1.807, 2.05) is 0 Å². The summed E-state index contributed by atoms with van der Waals surface area (Å²) in [5.41, 5.74) is 6.18. The van der Waals surface area contributed by atoms with Crippen molar-refractivity contribution >= 4 is 31.6 Å². The Morgan fingerprint density at radius 1 is 1.20 bits per heavy atom. The van der Waals surface area contributed by atoms with Crippen LogP contribution in [-0.4, -0.2) is 14.5 Å². The van der Waals surface area contributed by atoms with Crippen LogP contribution in [-0.2, 0) is 10.0 Å². The molecule has 0 radical (unpaired) electrons. The third-order valence-electron chi connectivity index (χ3n) is 3.78. The quantitative estimate of drug-likeness (QED) is 0.813. The molecule has 2 unspecified atom stereocenters. The molecule has 1 aromatic carbocycles. The first-order valence-corrected chi connectivity index (χ1v) is 9.13. The molecule has 1 aromatic rings. The second-order valence-corrected chi connectivity index (χ2v) is 8.49. The van der Waals surface area contributed by atoms with Gasteiger partial charge in [0.1, 0.15) is 0 Å². The zero-order valence-electron chi connectivity index (χ0n) is 11.8. The molecule has 6 heteroatoms. The number of hydrogen-bond acceptors (Lipinski definition) is 3. The summed E-state index contributed by atoms with van der Waals surface area (Å²) >= 11 is 3.27. The first-order valence-electron chi connectivity index (χ1n) is 6.85. The molecule has 0 heterocycles. The van der Waals surface area contributed by atoms with E-state index in [0.29, 0.717) is 22.0 Å². The van der Waals surface area contributed by atoms with Gasteiger partial charge in [-0.2, -0.15) is 0 Å². The molecule has 0 aromatic heterocycles. The lowest BCUT2D eigenvalue weighted by Gasteiger charge is -2.31. The molecule has 1 fully saturated rings. The average molecular weight is 361 g/mol. The van der Waals surface area contributed by atoms with Crippen molar-refractivity contribution in [3.8, 4) is 0 Å². The molecule has 112 valence electrons. The van der Waals surface area contributed by atoms with Crippen LogP contribution >= 0.6 is 15.9 Å². The number of hydrogen-bond donors (Lipinski definition) is 2. The number of benzene rings is 1. The maximum absolute atomic E-state index is 12.4. The molecule has 1 saturated carbocycles. The van der Waals surface area contributed by atoms with Gasteiger partial charge in [-0.3, -0.25) is 0 Å². The SMILES string of the molecule is CC1CC(C)CC(NS(=O)(=O)c2ccc(Br)c(N)c2)C1. The Kier molecular flexibility index (Phi) is 4.76. The lowest BCUT2D eigenvalue weighted by molar-refractivity contribution is 0.257. The van der Waals surface area contributed by atoms with Gasteiger partial charge in [-0.25, -0.2) is 13.1 Å². The van der Waals surface area contributed by atoms with E-state index in [4.69, 9.17) is 5.73 Å². The van der Waals surface area contributed by atoms with E-state index in [-0.39, 0.29) is 10.9 Å². The van der Waals surface area contributed by atoms with Crippen LogP contribution in [0, 0.1) is 11.8 Å². The van der Waals surface area contributed by atoms with Crippen LogP contribution in [0.2, 0.25) is 0 Å². The minimum absolute atomic E-state index is 0.0172. The van der Waals surface area contributed by atoms with Crippen molar-refractivity contribution in [1.82, 2.24) is 4.72 Å². The van der Waals surface area contributed by atoms with E-state index in [0.717, 1.165) is 12.8 Å². The summed E-state index contributed by atoms with van der Waals surface area (Å²) in [4.78, 5) is 0.226. The highest BCUT2D eigenvalue weighted by molar-refractivity contribution is 9.10. The third-order valence-corrected chi connectivity index (χ3v) is 6.02. The monoisotopic (exact) mass is 360 g/mol. The zero-order chi connectivity index (χ0) is 14.9. The number of sulfonamides is 1. The number of rotatable bonds is 3. The van der Waals surface area contributed by atoms with Crippen LogP contribution in [0.3, 0.4) is 0 Å². The molecule has 2 rings (SSSR count). The standard InChI is InChI=1S/C14H21BrN2O2S/c1-9-5-10(2)7-11(6-9)17-20(18,19)12-3-4-13(15)14(16)8-12/h3-4,8-11,17H,5-7,16H2,1-2H3. The van der Waals surface area contributed by atoms with Gasteiger partial charge in [-0.15, -0.1) is 0 Å². The second kappa shape index (κ2) is 6.03. The normalized spacial score (nSPS) is 27.4. The van der Waals surface area contributed by atoms with Crippen LogP contribution in [0.4, 0.5) is 5.69 Å². The van der Waals surface area contributed by atoms with E-state index >= 15 is 0 Å². The van der Waals surface area contributed by atoms with E-state index in [9.17, 15) is 8.42 Å². The fourth-order valence-electron chi connectivity index (χ4n) is 3.02. The maximum atomic E-state index is 12.4. The molecule has 3 N–H and O–H groups in total. The molecule has 0 spiro atoms. The van der Waals surface area contributed by atoms with Gasteiger partial charge in [-0.05, 0) is 65.2 Å². The predicted molar refractivity (Wildman–Crippen MR) is 84.8 cm³/mol. The Labute approximate surface area is 129 Å². The molecule has 4 nitrogen and oxygen atoms in total. The second-order valence-electron chi connectivity index (χ2n) is 5.92. The first-order chi connectivity index (χ1) is 9.28. The summed E-state index contributed by atoms with van der Waals surface area (Å²) in [6.07, 6.45) is 2.97. The van der Waals surface area contributed by atoms with Crippen molar-refractivity contribution in [3.05, 3.63) is 22.7 Å². The van der Waals surface area contributed by atoms with Crippen LogP contribution < -0.4 is 10.5 Å². The van der Waals surface area contributed by atoms with Gasteiger partial charge < -0.3 is 5.73 Å². The Morgan fingerprint density at radius 2 is 1.80 bits per heavy atom. The highest BCUT2D eigenvalue weighted by atomic mass is 79.9.